The average molecular weight is 770 g/mol. The Morgan fingerprint density at radius 2 is 1.69 bits per heavy atom. The van der Waals surface area contributed by atoms with Crippen molar-refractivity contribution in [2.45, 2.75) is 82.7 Å². The molecule has 0 aliphatic carbocycles. The highest BCUT2D eigenvalue weighted by molar-refractivity contribution is 7.92. The van der Waals surface area contributed by atoms with Gasteiger partial charge in [-0.05, 0) is 99.5 Å². The molecule has 290 valence electrons. The van der Waals surface area contributed by atoms with Crippen molar-refractivity contribution in [3.8, 4) is 0 Å². The standard InChI is InChI=1S/C38H45F2N5O8S/c1-20(2)54(51,52)33-25(14-26(41)16-30(33)40)18-44(8)35(47)32(24-9-10-28(21(3)13-24)22(4)19-46)43-27-15-23-11-12-42-34(31(23)29(39)17-27)45(36(48)49)37(50)53-38(5,6)7/h9-17,20,22,32,43,46H,18-19,41H2,1-8H3,(H,48,49)/t22-,32?/m0/s1. The van der Waals surface area contributed by atoms with E-state index in [1.807, 2.05) is 6.92 Å². The van der Waals surface area contributed by atoms with Crippen LogP contribution in [0.1, 0.15) is 75.8 Å². The molecule has 3 aromatic carbocycles. The van der Waals surface area contributed by atoms with Crippen molar-refractivity contribution >= 4 is 55.9 Å². The molecule has 1 unspecified atom stereocenters. The number of nitrogens with one attached hydrogen (secondary N) is 1. The van der Waals surface area contributed by atoms with Crippen molar-refractivity contribution in [1.29, 1.82) is 0 Å². The number of ether oxygens (including phenoxy) is 1. The second-order valence-corrected chi connectivity index (χ2v) is 16.8. The molecule has 16 heteroatoms. The monoisotopic (exact) mass is 769 g/mol. The van der Waals surface area contributed by atoms with Gasteiger partial charge in [-0.3, -0.25) is 4.79 Å². The number of hydrogen-bond donors (Lipinski definition) is 4. The van der Waals surface area contributed by atoms with Crippen LogP contribution in [0.5, 0.6) is 0 Å². The minimum atomic E-state index is -4.14. The number of aromatic nitrogens is 1. The van der Waals surface area contributed by atoms with Gasteiger partial charge in [-0.25, -0.2) is 31.8 Å². The number of nitrogen functional groups attached to an aromatic ring is 1. The van der Waals surface area contributed by atoms with Crippen LogP contribution in [0, 0.1) is 18.6 Å². The van der Waals surface area contributed by atoms with E-state index in [2.05, 4.69) is 10.3 Å². The van der Waals surface area contributed by atoms with Gasteiger partial charge in [-0.15, -0.1) is 0 Å². The Hall–Kier alpha value is -5.35. The van der Waals surface area contributed by atoms with Gasteiger partial charge in [0, 0.05) is 43.7 Å². The summed E-state index contributed by atoms with van der Waals surface area (Å²) < 4.78 is 63.0. The quantitative estimate of drug-likeness (QED) is 0.116. The first kappa shape index (κ1) is 41.4. The average Bonchev–Trinajstić information content (AvgIpc) is 3.05. The number of sulfone groups is 1. The number of rotatable bonds is 11. The summed E-state index contributed by atoms with van der Waals surface area (Å²) in [6.07, 6.45) is -1.85. The van der Waals surface area contributed by atoms with Crippen molar-refractivity contribution in [1.82, 2.24) is 9.88 Å². The molecule has 1 aromatic heterocycles. The summed E-state index contributed by atoms with van der Waals surface area (Å²) in [7, 11) is -2.75. The number of carbonyl (C=O) groups is 3. The Morgan fingerprint density at radius 1 is 1.02 bits per heavy atom. The van der Waals surface area contributed by atoms with Crippen LogP contribution < -0.4 is 16.0 Å². The van der Waals surface area contributed by atoms with E-state index in [9.17, 15) is 33.0 Å². The number of benzene rings is 3. The van der Waals surface area contributed by atoms with E-state index in [0.29, 0.717) is 5.56 Å². The first-order chi connectivity index (χ1) is 25.1. The first-order valence-electron chi connectivity index (χ1n) is 17.0. The topological polar surface area (TPSA) is 192 Å². The summed E-state index contributed by atoms with van der Waals surface area (Å²) in [5.74, 6) is -3.39. The third kappa shape index (κ3) is 8.88. The lowest BCUT2D eigenvalue weighted by Crippen LogP contribution is -2.40. The van der Waals surface area contributed by atoms with Crippen LogP contribution in [-0.2, 0) is 25.9 Å². The number of nitrogens with zero attached hydrogens (tertiary/aromatic N) is 3. The number of halogens is 2. The van der Waals surface area contributed by atoms with Crippen LogP contribution in [0.3, 0.4) is 0 Å². The van der Waals surface area contributed by atoms with Crippen LogP contribution in [0.4, 0.5) is 35.6 Å². The third-order valence-corrected chi connectivity index (χ3v) is 10.9. The fraction of sp³-hybridized carbons (Fsp3) is 0.368. The number of nitrogens with two attached hydrogens (primary N) is 1. The second-order valence-electron chi connectivity index (χ2n) is 14.3. The van der Waals surface area contributed by atoms with Gasteiger partial charge in [0.1, 0.15) is 28.2 Å². The number of carbonyl (C=O) groups excluding carboxylic acids is 2. The van der Waals surface area contributed by atoms with Gasteiger partial charge in [0.15, 0.2) is 15.7 Å². The first-order valence-corrected chi connectivity index (χ1v) is 18.5. The Balaban J connectivity index is 1.83. The number of carboxylic acid groups (broad SMARTS) is 1. The zero-order valence-electron chi connectivity index (χ0n) is 31.3. The molecule has 0 saturated heterocycles. The lowest BCUT2D eigenvalue weighted by molar-refractivity contribution is -0.131. The number of fused-ring (bicyclic) bond motifs is 1. The number of anilines is 3. The van der Waals surface area contributed by atoms with Crippen molar-refractivity contribution in [3.63, 3.8) is 0 Å². The van der Waals surface area contributed by atoms with E-state index in [-0.39, 0.29) is 51.7 Å². The van der Waals surface area contributed by atoms with Gasteiger partial charge in [-0.2, -0.15) is 4.90 Å². The van der Waals surface area contributed by atoms with Crippen molar-refractivity contribution < 1.29 is 46.5 Å². The summed E-state index contributed by atoms with van der Waals surface area (Å²) in [6, 6.07) is 9.95. The van der Waals surface area contributed by atoms with E-state index in [1.54, 1.807) is 25.1 Å². The maximum absolute atomic E-state index is 16.1. The molecule has 3 amide bonds. The highest BCUT2D eigenvalue weighted by atomic mass is 32.2. The molecule has 13 nitrogen and oxygen atoms in total. The molecule has 0 fully saturated rings. The van der Waals surface area contributed by atoms with Crippen molar-refractivity contribution in [3.05, 3.63) is 88.6 Å². The fourth-order valence-corrected chi connectivity index (χ4v) is 7.24. The molecule has 4 aromatic rings. The summed E-state index contributed by atoms with van der Waals surface area (Å²) >= 11 is 0. The Kier molecular flexibility index (Phi) is 12.2. The predicted octanol–water partition coefficient (Wildman–Crippen LogP) is 6.91. The minimum absolute atomic E-state index is 0.0381. The number of amides is 3. The highest BCUT2D eigenvalue weighted by Crippen LogP contribution is 2.34. The van der Waals surface area contributed by atoms with Crippen LogP contribution in [0.25, 0.3) is 10.8 Å². The lowest BCUT2D eigenvalue weighted by atomic mass is 9.93. The molecule has 1 heterocycles. The number of imide groups is 1. The summed E-state index contributed by atoms with van der Waals surface area (Å²) in [5, 5.41) is 21.6. The Bertz CT molecular complexity index is 2210. The van der Waals surface area contributed by atoms with Crippen molar-refractivity contribution in [2.75, 3.05) is 29.6 Å². The zero-order chi connectivity index (χ0) is 40.4. The lowest BCUT2D eigenvalue weighted by Gasteiger charge is -2.28. The zero-order valence-corrected chi connectivity index (χ0v) is 32.1. The molecular weight excluding hydrogens is 725 g/mol. The van der Waals surface area contributed by atoms with E-state index in [4.69, 9.17) is 10.5 Å². The van der Waals surface area contributed by atoms with E-state index < -0.39 is 67.2 Å². The Morgan fingerprint density at radius 3 is 2.26 bits per heavy atom. The third-order valence-electron chi connectivity index (χ3n) is 8.60. The molecule has 0 bridgehead atoms. The molecule has 5 N–H and O–H groups in total. The van der Waals surface area contributed by atoms with Crippen LogP contribution >= 0.6 is 0 Å². The minimum Gasteiger partial charge on any atom is -0.464 e. The number of aliphatic hydroxyl groups excluding tert-OH is 1. The summed E-state index contributed by atoms with van der Waals surface area (Å²) in [6.45, 7) is 10.6. The number of hydrogen-bond acceptors (Lipinski definition) is 10. The number of likely N-dealkylation sites (N-methyl/N-ethyl adjacent to an activating group) is 1. The molecular formula is C38H45F2N5O8S. The predicted molar refractivity (Wildman–Crippen MR) is 201 cm³/mol. The highest BCUT2D eigenvalue weighted by Gasteiger charge is 2.33. The molecule has 2 atom stereocenters. The normalized spacial score (nSPS) is 13.0. The van der Waals surface area contributed by atoms with Crippen LogP contribution in [-0.4, -0.2) is 71.1 Å². The second kappa shape index (κ2) is 15.9. The maximum Gasteiger partial charge on any atom is 0.425 e. The fourth-order valence-electron chi connectivity index (χ4n) is 5.95. The van der Waals surface area contributed by atoms with Gasteiger partial charge in [0.25, 0.3) is 0 Å². The molecule has 0 saturated carbocycles. The number of pyridine rings is 1. The van der Waals surface area contributed by atoms with E-state index in [0.717, 1.165) is 23.3 Å². The molecule has 4 rings (SSSR count). The maximum atomic E-state index is 16.1. The van der Waals surface area contributed by atoms with Crippen LogP contribution in [0.15, 0.2) is 59.6 Å². The Labute approximate surface area is 312 Å². The van der Waals surface area contributed by atoms with Gasteiger partial charge in [0.2, 0.25) is 5.91 Å². The van der Waals surface area contributed by atoms with Gasteiger partial charge in [-0.1, -0.05) is 25.1 Å². The van der Waals surface area contributed by atoms with Gasteiger partial charge in [0.05, 0.1) is 10.6 Å². The SMILES string of the molecule is Cc1cc(C(Nc2cc(F)c3c(N(C(=O)O)C(=O)OC(C)(C)C)nccc3c2)C(=O)N(C)Cc2cc(N)cc(F)c2S(=O)(=O)C(C)C)ccc1[C@@H](C)CO. The smallest absolute Gasteiger partial charge is 0.425 e. The molecule has 0 aliphatic rings. The molecule has 0 aliphatic heterocycles. The molecule has 0 radical (unpaired) electrons. The van der Waals surface area contributed by atoms with E-state index in [1.165, 1.54) is 71.0 Å². The van der Waals surface area contributed by atoms with E-state index >= 15 is 8.78 Å². The van der Waals surface area contributed by atoms with Gasteiger partial charge >= 0.3 is 12.2 Å². The number of aliphatic hydroxyl groups is 1. The largest absolute Gasteiger partial charge is 0.464 e. The molecule has 54 heavy (non-hydrogen) atoms. The van der Waals surface area contributed by atoms with Gasteiger partial charge < -0.3 is 30.9 Å². The van der Waals surface area contributed by atoms with Crippen LogP contribution in [0.2, 0.25) is 0 Å². The summed E-state index contributed by atoms with van der Waals surface area (Å²) in [4.78, 5) is 44.3. The number of aryl methyl sites for hydroxylation is 1. The summed E-state index contributed by atoms with van der Waals surface area (Å²) in [5.41, 5.74) is 6.81. The molecule has 0 spiro atoms. The van der Waals surface area contributed by atoms with Crippen molar-refractivity contribution in [2.24, 2.45) is 0 Å².